The number of nitrogens with zero attached hydrogens (tertiary/aromatic N) is 3. The molecule has 0 aliphatic heterocycles. The van der Waals surface area contributed by atoms with Crippen molar-refractivity contribution in [3.8, 4) is 0 Å². The highest BCUT2D eigenvalue weighted by molar-refractivity contribution is 14.0. The van der Waals surface area contributed by atoms with Crippen molar-refractivity contribution in [2.75, 3.05) is 27.3 Å². The lowest BCUT2D eigenvalue weighted by atomic mass is 10.1. The Morgan fingerprint density at radius 2 is 2.10 bits per heavy atom. The number of rotatable bonds is 6. The lowest BCUT2D eigenvalue weighted by Crippen LogP contribution is -2.44. The molecule has 6 nitrogen and oxygen atoms in total. The monoisotopic (exact) mass is 409 g/mol. The molecule has 0 aromatic carbocycles. The van der Waals surface area contributed by atoms with Crippen LogP contribution in [0.3, 0.4) is 0 Å². The Kier molecular flexibility index (Phi) is 9.60. The van der Waals surface area contributed by atoms with Gasteiger partial charge in [0.1, 0.15) is 0 Å². The molecule has 1 rings (SSSR count). The highest BCUT2D eigenvalue weighted by atomic mass is 127. The van der Waals surface area contributed by atoms with E-state index in [-0.39, 0.29) is 30.0 Å². The largest absolute Gasteiger partial charge is 0.383 e. The molecule has 1 heterocycles. The van der Waals surface area contributed by atoms with Crippen LogP contribution in [0.4, 0.5) is 0 Å². The number of nitrogens with one attached hydrogen (secondary N) is 2. The van der Waals surface area contributed by atoms with E-state index in [9.17, 15) is 0 Å². The molecule has 0 saturated heterocycles. The van der Waals surface area contributed by atoms with Crippen LogP contribution in [0.15, 0.2) is 4.99 Å². The third-order valence-corrected chi connectivity index (χ3v) is 3.37. The van der Waals surface area contributed by atoms with E-state index in [0.29, 0.717) is 6.61 Å². The molecular formula is C14H28IN5O. The van der Waals surface area contributed by atoms with Crippen LogP contribution in [0.5, 0.6) is 0 Å². The van der Waals surface area contributed by atoms with E-state index in [2.05, 4.69) is 41.5 Å². The van der Waals surface area contributed by atoms with Gasteiger partial charge in [-0.05, 0) is 32.8 Å². The number of aliphatic imine (C=N–C) groups is 1. The number of hydrogen-bond acceptors (Lipinski definition) is 3. The standard InChI is InChI=1S/C14H27N5O.HI/c1-10(17-14(15-4)16-7-8-20-6)9-13-11(2)18-19(5)12(13)3;/h10H,7-9H2,1-6H3,(H2,15,16,17);1H. The molecule has 0 spiro atoms. The van der Waals surface area contributed by atoms with E-state index in [1.807, 2.05) is 11.7 Å². The minimum absolute atomic E-state index is 0. The van der Waals surface area contributed by atoms with Gasteiger partial charge in [-0.25, -0.2) is 0 Å². The van der Waals surface area contributed by atoms with Gasteiger partial charge in [0.2, 0.25) is 0 Å². The number of aryl methyl sites for hydroxylation is 2. The van der Waals surface area contributed by atoms with E-state index >= 15 is 0 Å². The summed E-state index contributed by atoms with van der Waals surface area (Å²) in [5, 5.41) is 11.0. The summed E-state index contributed by atoms with van der Waals surface area (Å²) < 4.78 is 6.95. The van der Waals surface area contributed by atoms with E-state index in [1.165, 1.54) is 11.3 Å². The Bertz CT molecular complexity index is 458. The van der Waals surface area contributed by atoms with Gasteiger partial charge in [0.25, 0.3) is 0 Å². The smallest absolute Gasteiger partial charge is 0.191 e. The molecule has 0 radical (unpaired) electrons. The van der Waals surface area contributed by atoms with Crippen molar-refractivity contribution in [2.24, 2.45) is 12.0 Å². The summed E-state index contributed by atoms with van der Waals surface area (Å²) >= 11 is 0. The third kappa shape index (κ3) is 6.21. The molecule has 122 valence electrons. The molecule has 1 atom stereocenters. The van der Waals surface area contributed by atoms with Crippen molar-refractivity contribution >= 4 is 29.9 Å². The van der Waals surface area contributed by atoms with Gasteiger partial charge >= 0.3 is 0 Å². The zero-order chi connectivity index (χ0) is 15.1. The van der Waals surface area contributed by atoms with Crippen LogP contribution in [0.1, 0.15) is 23.9 Å². The lowest BCUT2D eigenvalue weighted by molar-refractivity contribution is 0.203. The van der Waals surface area contributed by atoms with Gasteiger partial charge < -0.3 is 15.4 Å². The Morgan fingerprint density at radius 3 is 2.57 bits per heavy atom. The van der Waals surface area contributed by atoms with Crippen molar-refractivity contribution in [2.45, 2.75) is 33.2 Å². The van der Waals surface area contributed by atoms with E-state index in [4.69, 9.17) is 4.74 Å². The molecular weight excluding hydrogens is 381 g/mol. The molecule has 0 fully saturated rings. The van der Waals surface area contributed by atoms with Crippen LogP contribution in [-0.2, 0) is 18.2 Å². The molecule has 0 aliphatic carbocycles. The second kappa shape index (κ2) is 9.99. The Hall–Kier alpha value is -0.830. The van der Waals surface area contributed by atoms with Crippen molar-refractivity contribution in [3.63, 3.8) is 0 Å². The summed E-state index contributed by atoms with van der Waals surface area (Å²) in [6, 6.07) is 0.283. The highest BCUT2D eigenvalue weighted by Crippen LogP contribution is 2.13. The van der Waals surface area contributed by atoms with Crippen molar-refractivity contribution in [3.05, 3.63) is 17.0 Å². The highest BCUT2D eigenvalue weighted by Gasteiger charge is 2.13. The van der Waals surface area contributed by atoms with Gasteiger partial charge in [-0.2, -0.15) is 5.10 Å². The molecule has 1 unspecified atom stereocenters. The average Bonchev–Trinajstić information content (AvgIpc) is 2.64. The number of aromatic nitrogens is 2. The summed E-state index contributed by atoms with van der Waals surface area (Å²) in [5.74, 6) is 0.800. The third-order valence-electron chi connectivity index (χ3n) is 3.37. The Morgan fingerprint density at radius 1 is 1.43 bits per heavy atom. The minimum Gasteiger partial charge on any atom is -0.383 e. The zero-order valence-electron chi connectivity index (χ0n) is 13.9. The van der Waals surface area contributed by atoms with E-state index in [1.54, 1.807) is 14.2 Å². The lowest BCUT2D eigenvalue weighted by Gasteiger charge is -2.18. The second-order valence-corrected chi connectivity index (χ2v) is 5.01. The fraction of sp³-hybridized carbons (Fsp3) is 0.714. The van der Waals surface area contributed by atoms with Gasteiger partial charge in [-0.1, -0.05) is 0 Å². The topological polar surface area (TPSA) is 63.5 Å². The van der Waals surface area contributed by atoms with Crippen LogP contribution < -0.4 is 10.6 Å². The van der Waals surface area contributed by atoms with E-state index < -0.39 is 0 Å². The first-order chi connectivity index (χ1) is 9.49. The van der Waals surface area contributed by atoms with Crippen molar-refractivity contribution in [1.82, 2.24) is 20.4 Å². The van der Waals surface area contributed by atoms with Crippen LogP contribution in [0.2, 0.25) is 0 Å². The first-order valence-corrected chi connectivity index (χ1v) is 6.94. The maximum Gasteiger partial charge on any atom is 0.191 e. The van der Waals surface area contributed by atoms with Gasteiger partial charge in [0.15, 0.2) is 5.96 Å². The molecule has 7 heteroatoms. The molecule has 0 saturated carbocycles. The van der Waals surface area contributed by atoms with Crippen molar-refractivity contribution in [1.29, 1.82) is 0 Å². The Labute approximate surface area is 144 Å². The van der Waals surface area contributed by atoms with Gasteiger partial charge in [0.05, 0.1) is 12.3 Å². The summed E-state index contributed by atoms with van der Waals surface area (Å²) in [7, 11) is 5.44. The summed E-state index contributed by atoms with van der Waals surface area (Å²) in [5.41, 5.74) is 3.62. The number of halogens is 1. The molecule has 1 aromatic rings. The first kappa shape index (κ1) is 20.2. The SMILES string of the molecule is CN=C(NCCOC)NC(C)Cc1c(C)nn(C)c1C.I. The van der Waals surface area contributed by atoms with Crippen LogP contribution in [-0.4, -0.2) is 49.1 Å². The van der Waals surface area contributed by atoms with Crippen LogP contribution in [0, 0.1) is 13.8 Å². The van der Waals surface area contributed by atoms with Crippen molar-refractivity contribution < 1.29 is 4.74 Å². The molecule has 1 aromatic heterocycles. The van der Waals surface area contributed by atoms with Crippen LogP contribution >= 0.6 is 24.0 Å². The quantitative estimate of drug-likeness (QED) is 0.323. The molecule has 0 aliphatic rings. The van der Waals surface area contributed by atoms with Crippen LogP contribution in [0.25, 0.3) is 0 Å². The summed E-state index contributed by atoms with van der Waals surface area (Å²) in [6.45, 7) is 7.72. The molecule has 0 bridgehead atoms. The molecule has 21 heavy (non-hydrogen) atoms. The fourth-order valence-corrected chi connectivity index (χ4v) is 2.17. The van der Waals surface area contributed by atoms with E-state index in [0.717, 1.165) is 24.6 Å². The number of ether oxygens (including phenoxy) is 1. The average molecular weight is 409 g/mol. The molecule has 0 amide bonds. The van der Waals surface area contributed by atoms with Gasteiger partial charge in [0, 0.05) is 39.5 Å². The number of methoxy groups -OCH3 is 1. The predicted molar refractivity (Wildman–Crippen MR) is 97.6 cm³/mol. The van der Waals surface area contributed by atoms with Gasteiger partial charge in [-0.3, -0.25) is 9.67 Å². The zero-order valence-corrected chi connectivity index (χ0v) is 16.2. The van der Waals surface area contributed by atoms with Gasteiger partial charge in [-0.15, -0.1) is 24.0 Å². The maximum absolute atomic E-state index is 5.02. The minimum atomic E-state index is 0. The second-order valence-electron chi connectivity index (χ2n) is 5.01. The fourth-order valence-electron chi connectivity index (χ4n) is 2.17. The number of hydrogen-bond donors (Lipinski definition) is 2. The first-order valence-electron chi connectivity index (χ1n) is 6.94. The normalized spacial score (nSPS) is 12.8. The predicted octanol–water partition coefficient (Wildman–Crippen LogP) is 1.40. The number of guanidine groups is 1. The molecule has 2 N–H and O–H groups in total. The maximum atomic E-state index is 5.02. The summed E-state index contributed by atoms with van der Waals surface area (Å²) in [6.07, 6.45) is 0.927. The Balaban J connectivity index is 0.00000400. The summed E-state index contributed by atoms with van der Waals surface area (Å²) in [4.78, 5) is 4.21.